The predicted molar refractivity (Wildman–Crippen MR) is 88.7 cm³/mol. The number of Topliss-reactive ketones (excluding diaryl/α,β-unsaturated/α-hetero) is 1. The third-order valence-corrected chi connectivity index (χ3v) is 7.17. The summed E-state index contributed by atoms with van der Waals surface area (Å²) >= 11 is 0. The number of ketones is 1. The van der Waals surface area contributed by atoms with Crippen LogP contribution in [0.25, 0.3) is 0 Å². The molecule has 0 heterocycles. The normalized spacial score (nSPS) is 37.0. The van der Waals surface area contributed by atoms with E-state index < -0.39 is 0 Å². The van der Waals surface area contributed by atoms with E-state index in [1.807, 2.05) is 12.1 Å². The second-order valence-corrected chi connectivity index (χ2v) is 8.18. The Morgan fingerprint density at radius 3 is 2.67 bits per heavy atom. The minimum atomic E-state index is -0.151. The summed E-state index contributed by atoms with van der Waals surface area (Å²) in [5, 5.41) is 20.5. The van der Waals surface area contributed by atoms with Gasteiger partial charge in [-0.2, -0.15) is 0 Å². The number of carbonyl (C=O) groups excluding carboxylic acids is 1. The molecule has 0 spiro atoms. The number of aryl methyl sites for hydroxylation is 1. The number of aromatic hydroxyl groups is 1. The van der Waals surface area contributed by atoms with Crippen molar-refractivity contribution in [1.29, 1.82) is 0 Å². The molecule has 0 saturated heterocycles. The molecule has 2 N–H and O–H groups in total. The van der Waals surface area contributed by atoms with E-state index in [9.17, 15) is 15.0 Å². The average molecular weight is 541 g/mol. The van der Waals surface area contributed by atoms with E-state index in [1.54, 1.807) is 0 Å². The van der Waals surface area contributed by atoms with Crippen molar-refractivity contribution in [3.05, 3.63) is 28.8 Å². The van der Waals surface area contributed by atoms with Crippen LogP contribution in [0, 0.1) is 61.3 Å². The molecular weight excluding hydrogens is 515 g/mol. The molecule has 0 aliphatic heterocycles. The first kappa shape index (κ1) is 18.9. The number of benzene rings is 1. The van der Waals surface area contributed by atoms with E-state index >= 15 is 0 Å². The first-order chi connectivity index (χ1) is 10.9. The van der Waals surface area contributed by atoms with E-state index in [1.165, 1.54) is 18.1 Å². The van der Waals surface area contributed by atoms with Crippen molar-refractivity contribution < 1.29 is 59.1 Å². The van der Waals surface area contributed by atoms with Crippen LogP contribution in [0.2, 0.25) is 0 Å². The monoisotopic (exact) mass is 541 g/mol. The molecule has 3 aliphatic rings. The number of aliphatic hydroxyl groups is 1. The van der Waals surface area contributed by atoms with Crippen LogP contribution in [0.5, 0.6) is 5.75 Å². The molecule has 0 aromatic heterocycles. The Balaban J connectivity index is 0.00000169. The zero-order valence-electron chi connectivity index (χ0n) is 14.6. The van der Waals surface area contributed by atoms with Gasteiger partial charge < -0.3 is 10.2 Å². The van der Waals surface area contributed by atoms with Crippen LogP contribution in [0.15, 0.2) is 12.1 Å². The minimum absolute atomic E-state index is 0. The number of hydrogen-bond acceptors (Lipinski definition) is 3. The Bertz CT molecular complexity index is 671. The van der Waals surface area contributed by atoms with E-state index in [0.29, 0.717) is 23.3 Å². The second kappa shape index (κ2) is 6.67. The van der Waals surface area contributed by atoms with Crippen molar-refractivity contribution in [1.82, 2.24) is 0 Å². The Labute approximate surface area is 179 Å². The first-order valence-electron chi connectivity index (χ1n) is 8.96. The van der Waals surface area contributed by atoms with Gasteiger partial charge in [-0.25, -0.2) is 0 Å². The molecule has 1 aromatic rings. The quantitative estimate of drug-likeness (QED) is 0.532. The predicted octanol–water partition coefficient (Wildman–Crippen LogP) is 3.81. The summed E-state index contributed by atoms with van der Waals surface area (Å²) in [5.41, 5.74) is 3.05. The smallest absolute Gasteiger partial charge is 0.163 e. The van der Waals surface area contributed by atoms with Gasteiger partial charge in [-0.15, -0.1) is 0 Å². The van der Waals surface area contributed by atoms with Crippen molar-refractivity contribution in [2.45, 2.75) is 64.4 Å². The minimum Gasteiger partial charge on any atom is -0.507 e. The van der Waals surface area contributed by atoms with Gasteiger partial charge in [0.15, 0.2) is 5.78 Å². The number of carbonyl (C=O) groups is 1. The molecule has 5 atom stereocenters. The molecule has 3 nitrogen and oxygen atoms in total. The molecule has 127 valence electrons. The molecule has 0 amide bonds. The zero-order chi connectivity index (χ0) is 16.4. The summed E-state index contributed by atoms with van der Waals surface area (Å²) < 4.78 is 0. The first-order valence-corrected chi connectivity index (χ1v) is 8.96. The van der Waals surface area contributed by atoms with E-state index in [-0.39, 0.29) is 67.1 Å². The van der Waals surface area contributed by atoms with Crippen LogP contribution in [0.3, 0.4) is 0 Å². The Hall–Kier alpha value is 0.0916. The van der Waals surface area contributed by atoms with Crippen molar-refractivity contribution in [2.75, 3.05) is 0 Å². The number of phenolic OH excluding ortho intramolecular Hbond substituents is 1. The second-order valence-electron chi connectivity index (χ2n) is 8.18. The maximum absolute atomic E-state index is 11.8. The average Bonchev–Trinajstić information content (AvgIpc) is 2.81. The Kier molecular flexibility index (Phi) is 5.25. The van der Waals surface area contributed by atoms with Gasteiger partial charge in [0.05, 0.1) is 11.7 Å². The topological polar surface area (TPSA) is 57.5 Å². The van der Waals surface area contributed by atoms with Gasteiger partial charge in [0.1, 0.15) is 5.75 Å². The van der Waals surface area contributed by atoms with Gasteiger partial charge >= 0.3 is 0 Å². The van der Waals surface area contributed by atoms with Gasteiger partial charge in [-0.05, 0) is 91.9 Å². The molecule has 1 aromatic carbocycles. The summed E-state index contributed by atoms with van der Waals surface area (Å²) in [7, 11) is 0. The van der Waals surface area contributed by atoms with E-state index in [2.05, 4.69) is 6.92 Å². The number of aliphatic hydroxyl groups excluding tert-OH is 1. The fourth-order valence-electron chi connectivity index (χ4n) is 5.86. The SMILES string of the molecule is CC(=O)c1cc2c(cc1O)CCC1C2CC[C@@]2(C)C1CC[C@@H]2O.[Ac]. The molecular formula is C20H26AcO3. The molecule has 2 saturated carbocycles. The third kappa shape index (κ3) is 2.72. The summed E-state index contributed by atoms with van der Waals surface area (Å²) in [6.45, 7) is 3.80. The maximum atomic E-state index is 11.8. The fraction of sp³-hybridized carbons (Fsp3) is 0.650. The largest absolute Gasteiger partial charge is 0.507 e. The van der Waals surface area contributed by atoms with Gasteiger partial charge in [0, 0.05) is 44.1 Å². The van der Waals surface area contributed by atoms with Gasteiger partial charge in [-0.3, -0.25) is 4.79 Å². The summed E-state index contributed by atoms with van der Waals surface area (Å²) in [6, 6.07) is 3.78. The maximum Gasteiger partial charge on any atom is 0.163 e. The molecule has 24 heavy (non-hydrogen) atoms. The zero-order valence-corrected chi connectivity index (χ0v) is 19.3. The van der Waals surface area contributed by atoms with Crippen molar-refractivity contribution in [3.8, 4) is 5.75 Å². The number of phenols is 1. The van der Waals surface area contributed by atoms with Crippen LogP contribution in [0.1, 0.15) is 73.4 Å². The van der Waals surface area contributed by atoms with Crippen molar-refractivity contribution in [2.24, 2.45) is 17.3 Å². The molecule has 4 rings (SSSR count). The van der Waals surface area contributed by atoms with Crippen LogP contribution in [-0.4, -0.2) is 22.1 Å². The van der Waals surface area contributed by atoms with E-state index in [0.717, 1.165) is 38.5 Å². The van der Waals surface area contributed by atoms with Crippen molar-refractivity contribution >= 4 is 5.78 Å². The number of rotatable bonds is 1. The van der Waals surface area contributed by atoms with Crippen LogP contribution >= 0.6 is 0 Å². The van der Waals surface area contributed by atoms with Gasteiger partial charge in [-0.1, -0.05) is 6.92 Å². The number of fused-ring (bicyclic) bond motifs is 5. The van der Waals surface area contributed by atoms with Gasteiger partial charge in [0.2, 0.25) is 0 Å². The van der Waals surface area contributed by atoms with Crippen LogP contribution in [-0.2, 0) is 6.42 Å². The van der Waals surface area contributed by atoms with Gasteiger partial charge in [0.25, 0.3) is 0 Å². The summed E-state index contributed by atoms with van der Waals surface area (Å²) in [6.07, 6.45) is 6.19. The van der Waals surface area contributed by atoms with Crippen LogP contribution in [0.4, 0.5) is 0 Å². The molecule has 3 aliphatic carbocycles. The third-order valence-electron chi connectivity index (χ3n) is 7.17. The number of hydrogen-bond donors (Lipinski definition) is 2. The Morgan fingerprint density at radius 1 is 1.21 bits per heavy atom. The summed E-state index contributed by atoms with van der Waals surface area (Å²) in [4.78, 5) is 11.8. The molecule has 4 heteroatoms. The molecule has 1 radical (unpaired) electrons. The molecule has 0 bridgehead atoms. The summed E-state index contributed by atoms with van der Waals surface area (Å²) in [5.74, 6) is 1.76. The molecule has 3 unspecified atom stereocenters. The standard InChI is InChI=1S/C20H26O3.Ac/c1-11(21)15-10-16-12(9-18(15)22)3-4-14-13(16)7-8-20(2)17(14)5-6-19(20)23;/h9-10,13-14,17,19,22-23H,3-8H2,1-2H3;/t13?,14?,17?,19-,20-;/m0./s1. The fourth-order valence-corrected chi connectivity index (χ4v) is 5.86. The Morgan fingerprint density at radius 2 is 1.96 bits per heavy atom. The van der Waals surface area contributed by atoms with Crippen LogP contribution < -0.4 is 0 Å². The van der Waals surface area contributed by atoms with Crippen molar-refractivity contribution in [3.63, 3.8) is 0 Å². The molecule has 2 fully saturated rings. The van der Waals surface area contributed by atoms with E-state index in [4.69, 9.17) is 0 Å².